The van der Waals surface area contributed by atoms with Crippen LogP contribution in [0.4, 0.5) is 5.69 Å². The SMILES string of the molecule is Cc1ccccc1NCc1ccc(OCc2cccc3ccccc23)c(Cl)c1. The van der Waals surface area contributed by atoms with E-state index in [1.54, 1.807) is 0 Å². The lowest BCUT2D eigenvalue weighted by Crippen LogP contribution is -2.02. The van der Waals surface area contributed by atoms with Gasteiger partial charge in [0.1, 0.15) is 12.4 Å². The Balaban J connectivity index is 1.44. The molecule has 0 bridgehead atoms. The second-order valence-electron chi connectivity index (χ2n) is 6.86. The van der Waals surface area contributed by atoms with Crippen LogP contribution in [-0.2, 0) is 13.2 Å². The van der Waals surface area contributed by atoms with Gasteiger partial charge in [0.05, 0.1) is 5.02 Å². The average Bonchev–Trinajstić information content (AvgIpc) is 2.72. The van der Waals surface area contributed by atoms with Gasteiger partial charge < -0.3 is 10.1 Å². The molecule has 0 fully saturated rings. The van der Waals surface area contributed by atoms with Crippen molar-refractivity contribution < 1.29 is 4.74 Å². The Morgan fingerprint density at radius 1 is 0.857 bits per heavy atom. The average molecular weight is 388 g/mol. The van der Waals surface area contributed by atoms with E-state index in [0.717, 1.165) is 16.8 Å². The fourth-order valence-corrected chi connectivity index (χ4v) is 3.57. The Kier molecular flexibility index (Phi) is 5.50. The lowest BCUT2D eigenvalue weighted by Gasteiger charge is -2.13. The van der Waals surface area contributed by atoms with Crippen LogP contribution in [0.3, 0.4) is 0 Å². The third-order valence-electron chi connectivity index (χ3n) is 4.89. The van der Waals surface area contributed by atoms with Crippen LogP contribution in [0.15, 0.2) is 84.9 Å². The molecule has 0 aliphatic rings. The van der Waals surface area contributed by atoms with Crippen LogP contribution in [0.25, 0.3) is 10.8 Å². The summed E-state index contributed by atoms with van der Waals surface area (Å²) >= 11 is 6.47. The van der Waals surface area contributed by atoms with E-state index in [2.05, 4.69) is 66.8 Å². The fourth-order valence-electron chi connectivity index (χ4n) is 3.31. The predicted molar refractivity (Wildman–Crippen MR) is 118 cm³/mol. The Morgan fingerprint density at radius 2 is 1.64 bits per heavy atom. The molecule has 0 saturated carbocycles. The monoisotopic (exact) mass is 387 g/mol. The summed E-state index contributed by atoms with van der Waals surface area (Å²) < 4.78 is 6.02. The van der Waals surface area contributed by atoms with Gasteiger partial charge in [0, 0.05) is 12.2 Å². The highest BCUT2D eigenvalue weighted by Gasteiger charge is 2.06. The molecule has 0 saturated heterocycles. The van der Waals surface area contributed by atoms with E-state index in [0.29, 0.717) is 23.9 Å². The number of benzene rings is 4. The van der Waals surface area contributed by atoms with E-state index < -0.39 is 0 Å². The van der Waals surface area contributed by atoms with E-state index in [-0.39, 0.29) is 0 Å². The first kappa shape index (κ1) is 18.4. The van der Waals surface area contributed by atoms with Crippen LogP contribution in [0.1, 0.15) is 16.7 Å². The van der Waals surface area contributed by atoms with Gasteiger partial charge >= 0.3 is 0 Å². The Hall–Kier alpha value is -2.97. The van der Waals surface area contributed by atoms with Crippen LogP contribution in [0.5, 0.6) is 5.75 Å². The minimum Gasteiger partial charge on any atom is -0.487 e. The second kappa shape index (κ2) is 8.37. The van der Waals surface area contributed by atoms with Gasteiger partial charge in [-0.2, -0.15) is 0 Å². The van der Waals surface area contributed by atoms with Gasteiger partial charge in [-0.3, -0.25) is 0 Å². The van der Waals surface area contributed by atoms with Crippen molar-refractivity contribution in [3.63, 3.8) is 0 Å². The van der Waals surface area contributed by atoms with Crippen molar-refractivity contribution in [3.8, 4) is 5.75 Å². The van der Waals surface area contributed by atoms with Crippen molar-refractivity contribution in [2.75, 3.05) is 5.32 Å². The second-order valence-corrected chi connectivity index (χ2v) is 7.27. The summed E-state index contributed by atoms with van der Waals surface area (Å²) in [6.45, 7) is 3.30. The summed E-state index contributed by atoms with van der Waals surface area (Å²) in [5.41, 5.74) is 4.63. The van der Waals surface area contributed by atoms with Crippen LogP contribution < -0.4 is 10.1 Å². The molecule has 0 heterocycles. The molecule has 4 aromatic rings. The summed E-state index contributed by atoms with van der Waals surface area (Å²) in [6.07, 6.45) is 0. The van der Waals surface area contributed by atoms with Crippen molar-refractivity contribution in [2.45, 2.75) is 20.1 Å². The zero-order valence-electron chi connectivity index (χ0n) is 15.8. The number of hydrogen-bond acceptors (Lipinski definition) is 2. The van der Waals surface area contributed by atoms with Gasteiger partial charge in [-0.25, -0.2) is 0 Å². The largest absolute Gasteiger partial charge is 0.487 e. The molecule has 2 nitrogen and oxygen atoms in total. The molecular formula is C25H22ClNO. The van der Waals surface area contributed by atoms with Gasteiger partial charge in [0.2, 0.25) is 0 Å². The Morgan fingerprint density at radius 3 is 2.50 bits per heavy atom. The first-order valence-electron chi connectivity index (χ1n) is 9.38. The third kappa shape index (κ3) is 4.13. The highest BCUT2D eigenvalue weighted by atomic mass is 35.5. The molecule has 4 aromatic carbocycles. The molecule has 0 spiro atoms. The summed E-state index contributed by atoms with van der Waals surface area (Å²) in [6, 6.07) is 28.8. The van der Waals surface area contributed by atoms with Crippen molar-refractivity contribution in [1.29, 1.82) is 0 Å². The minimum atomic E-state index is 0.488. The highest BCUT2D eigenvalue weighted by molar-refractivity contribution is 6.32. The standard InChI is InChI=1S/C25H22ClNO/c1-18-7-2-5-12-24(18)27-16-19-13-14-25(23(26)15-19)28-17-21-10-6-9-20-8-3-4-11-22(20)21/h2-15,27H,16-17H2,1H3. The zero-order valence-corrected chi connectivity index (χ0v) is 16.5. The fraction of sp³-hybridized carbons (Fsp3) is 0.120. The number of nitrogens with one attached hydrogen (secondary N) is 1. The normalized spacial score (nSPS) is 10.8. The molecule has 0 aliphatic heterocycles. The van der Waals surface area contributed by atoms with E-state index >= 15 is 0 Å². The summed E-state index contributed by atoms with van der Waals surface area (Å²) in [7, 11) is 0. The molecule has 3 heteroatoms. The van der Waals surface area contributed by atoms with Crippen LogP contribution in [0.2, 0.25) is 5.02 Å². The van der Waals surface area contributed by atoms with Gasteiger partial charge in [0.25, 0.3) is 0 Å². The molecule has 0 unspecified atom stereocenters. The lowest BCUT2D eigenvalue weighted by atomic mass is 10.1. The summed E-state index contributed by atoms with van der Waals surface area (Å²) in [5.74, 6) is 0.703. The van der Waals surface area contributed by atoms with Crippen LogP contribution >= 0.6 is 11.6 Å². The first-order chi connectivity index (χ1) is 13.7. The maximum atomic E-state index is 6.47. The van der Waals surface area contributed by atoms with E-state index in [9.17, 15) is 0 Å². The third-order valence-corrected chi connectivity index (χ3v) is 5.18. The molecule has 28 heavy (non-hydrogen) atoms. The molecule has 0 aliphatic carbocycles. The molecule has 0 aromatic heterocycles. The predicted octanol–water partition coefficient (Wildman–Crippen LogP) is 6.99. The molecule has 0 radical (unpaired) electrons. The number of aryl methyl sites for hydroxylation is 1. The topological polar surface area (TPSA) is 21.3 Å². The smallest absolute Gasteiger partial charge is 0.138 e. The maximum Gasteiger partial charge on any atom is 0.138 e. The number of hydrogen-bond donors (Lipinski definition) is 1. The number of halogens is 1. The minimum absolute atomic E-state index is 0.488. The molecular weight excluding hydrogens is 366 g/mol. The number of anilines is 1. The highest BCUT2D eigenvalue weighted by Crippen LogP contribution is 2.28. The van der Waals surface area contributed by atoms with Crippen LogP contribution in [-0.4, -0.2) is 0 Å². The number of ether oxygens (including phenoxy) is 1. The van der Waals surface area contributed by atoms with E-state index in [4.69, 9.17) is 16.3 Å². The Bertz CT molecular complexity index is 1100. The number of fused-ring (bicyclic) bond motifs is 1. The first-order valence-corrected chi connectivity index (χ1v) is 9.76. The lowest BCUT2D eigenvalue weighted by molar-refractivity contribution is 0.308. The maximum absolute atomic E-state index is 6.47. The number of rotatable bonds is 6. The van der Waals surface area contributed by atoms with E-state index in [1.165, 1.54) is 16.3 Å². The summed E-state index contributed by atoms with van der Waals surface area (Å²) in [4.78, 5) is 0. The molecule has 4 rings (SSSR count). The summed E-state index contributed by atoms with van der Waals surface area (Å²) in [5, 5.41) is 6.51. The van der Waals surface area contributed by atoms with E-state index in [1.807, 2.05) is 30.3 Å². The van der Waals surface area contributed by atoms with Gasteiger partial charge in [0.15, 0.2) is 0 Å². The van der Waals surface area contributed by atoms with Gasteiger partial charge in [-0.1, -0.05) is 78.3 Å². The van der Waals surface area contributed by atoms with Crippen molar-refractivity contribution in [2.24, 2.45) is 0 Å². The van der Waals surface area contributed by atoms with Gasteiger partial charge in [-0.15, -0.1) is 0 Å². The van der Waals surface area contributed by atoms with Gasteiger partial charge in [-0.05, 0) is 52.6 Å². The zero-order chi connectivity index (χ0) is 19.3. The van der Waals surface area contributed by atoms with Crippen molar-refractivity contribution in [3.05, 3.63) is 107 Å². The molecule has 0 amide bonds. The van der Waals surface area contributed by atoms with Crippen molar-refractivity contribution in [1.82, 2.24) is 0 Å². The van der Waals surface area contributed by atoms with Crippen LogP contribution in [0, 0.1) is 6.92 Å². The van der Waals surface area contributed by atoms with Crippen molar-refractivity contribution >= 4 is 28.1 Å². The quantitative estimate of drug-likeness (QED) is 0.384. The molecule has 140 valence electrons. The Labute approximate surface area is 170 Å². The molecule has 0 atom stereocenters. The molecule has 1 N–H and O–H groups in total. The number of para-hydroxylation sites is 1.